The van der Waals surface area contributed by atoms with E-state index in [0.717, 1.165) is 29.1 Å². The van der Waals surface area contributed by atoms with Gasteiger partial charge >= 0.3 is 0 Å². The van der Waals surface area contributed by atoms with Crippen molar-refractivity contribution in [2.45, 2.75) is 26.3 Å². The van der Waals surface area contributed by atoms with Gasteiger partial charge in [0.25, 0.3) is 0 Å². The van der Waals surface area contributed by atoms with Gasteiger partial charge in [-0.1, -0.05) is 11.6 Å². The summed E-state index contributed by atoms with van der Waals surface area (Å²) in [4.78, 5) is 0. The molecule has 3 heteroatoms. The van der Waals surface area contributed by atoms with Gasteiger partial charge in [0, 0.05) is 24.1 Å². The molecule has 2 N–H and O–H groups in total. The van der Waals surface area contributed by atoms with Crippen molar-refractivity contribution in [2.24, 2.45) is 5.73 Å². The van der Waals surface area contributed by atoms with Gasteiger partial charge in [0.2, 0.25) is 0 Å². The quantitative estimate of drug-likeness (QED) is 0.771. The van der Waals surface area contributed by atoms with Gasteiger partial charge in [-0.3, -0.25) is 0 Å². The minimum absolute atomic E-state index is 0.0549. The van der Waals surface area contributed by atoms with Crippen molar-refractivity contribution in [1.82, 2.24) is 0 Å². The van der Waals surface area contributed by atoms with Gasteiger partial charge in [0.1, 0.15) is 11.5 Å². The Morgan fingerprint density at radius 3 is 2.71 bits per heavy atom. The maximum atomic E-state index is 5.90. The lowest BCUT2D eigenvalue weighted by Gasteiger charge is -2.15. The average Bonchev–Trinajstić information content (AvgIpc) is 2.28. The van der Waals surface area contributed by atoms with Crippen LogP contribution in [0.1, 0.15) is 31.9 Å². The van der Waals surface area contributed by atoms with Crippen molar-refractivity contribution in [3.8, 4) is 11.5 Å². The Balaban J connectivity index is 2.81. The average molecular weight is 235 g/mol. The molecular weight excluding hydrogens is 214 g/mol. The summed E-state index contributed by atoms with van der Waals surface area (Å²) in [5.41, 5.74) is 8.00. The molecule has 0 aromatic heterocycles. The number of nitrogens with two attached hydrogens (primary N) is 1. The first-order chi connectivity index (χ1) is 8.04. The highest BCUT2D eigenvalue weighted by Crippen LogP contribution is 2.28. The highest BCUT2D eigenvalue weighted by molar-refractivity contribution is 5.42. The minimum Gasteiger partial charge on any atom is -0.497 e. The second kappa shape index (κ2) is 6.30. The van der Waals surface area contributed by atoms with E-state index in [2.05, 4.69) is 6.58 Å². The summed E-state index contributed by atoms with van der Waals surface area (Å²) in [5.74, 6) is 1.57. The van der Waals surface area contributed by atoms with Crippen LogP contribution in [0.3, 0.4) is 0 Å². The van der Waals surface area contributed by atoms with Crippen LogP contribution in [0.2, 0.25) is 0 Å². The predicted molar refractivity (Wildman–Crippen MR) is 70.5 cm³/mol. The summed E-state index contributed by atoms with van der Waals surface area (Å²) in [5, 5.41) is 0. The minimum atomic E-state index is -0.0549. The molecule has 0 bridgehead atoms. The lowest BCUT2D eigenvalue weighted by molar-refractivity contribution is 0.314. The molecule has 0 amide bonds. The Labute approximate surface area is 103 Å². The first kappa shape index (κ1) is 13.6. The van der Waals surface area contributed by atoms with E-state index in [9.17, 15) is 0 Å². The molecular formula is C14H21NO2. The highest BCUT2D eigenvalue weighted by atomic mass is 16.5. The number of hydrogen-bond acceptors (Lipinski definition) is 3. The van der Waals surface area contributed by atoms with Gasteiger partial charge in [-0.05, 0) is 19.9 Å². The van der Waals surface area contributed by atoms with E-state index in [1.165, 1.54) is 0 Å². The molecule has 0 aliphatic rings. The number of ether oxygens (including phenoxy) is 2. The zero-order valence-electron chi connectivity index (χ0n) is 10.8. The third-order valence-electron chi connectivity index (χ3n) is 2.50. The summed E-state index contributed by atoms with van der Waals surface area (Å²) in [6.07, 6.45) is 0.843. The standard InChI is InChI=1S/C14H21NO2/c1-10(2)7-8-17-14-9-12(16-4)5-6-13(14)11(3)15/h5-6,9,11H,1,7-8,15H2,2-4H3/t11-/m1/s1. The molecule has 0 saturated heterocycles. The van der Waals surface area contributed by atoms with Crippen LogP contribution in [0.25, 0.3) is 0 Å². The molecule has 1 aromatic carbocycles. The molecule has 0 radical (unpaired) electrons. The lowest BCUT2D eigenvalue weighted by Crippen LogP contribution is -2.09. The maximum Gasteiger partial charge on any atom is 0.127 e. The highest BCUT2D eigenvalue weighted by Gasteiger charge is 2.09. The van der Waals surface area contributed by atoms with Crippen molar-refractivity contribution in [3.05, 3.63) is 35.9 Å². The summed E-state index contributed by atoms with van der Waals surface area (Å²) >= 11 is 0. The Bertz CT molecular complexity index is 386. The molecule has 0 heterocycles. The molecule has 0 unspecified atom stereocenters. The molecule has 0 saturated carbocycles. The van der Waals surface area contributed by atoms with Gasteiger partial charge in [0.15, 0.2) is 0 Å². The van der Waals surface area contributed by atoms with E-state index in [1.807, 2.05) is 32.0 Å². The van der Waals surface area contributed by atoms with Crippen molar-refractivity contribution >= 4 is 0 Å². The molecule has 1 rings (SSSR count). The van der Waals surface area contributed by atoms with Crippen LogP contribution < -0.4 is 15.2 Å². The van der Waals surface area contributed by atoms with Crippen LogP contribution in [0, 0.1) is 0 Å². The summed E-state index contributed by atoms with van der Waals surface area (Å²) in [6.45, 7) is 8.39. The number of hydrogen-bond donors (Lipinski definition) is 1. The van der Waals surface area contributed by atoms with E-state index in [1.54, 1.807) is 7.11 Å². The van der Waals surface area contributed by atoms with Gasteiger partial charge < -0.3 is 15.2 Å². The largest absolute Gasteiger partial charge is 0.497 e. The van der Waals surface area contributed by atoms with Crippen molar-refractivity contribution in [3.63, 3.8) is 0 Å². The van der Waals surface area contributed by atoms with Crippen LogP contribution in [0.4, 0.5) is 0 Å². The van der Waals surface area contributed by atoms with E-state index >= 15 is 0 Å². The van der Waals surface area contributed by atoms with Gasteiger partial charge in [0.05, 0.1) is 13.7 Å². The van der Waals surface area contributed by atoms with Crippen LogP contribution in [-0.2, 0) is 0 Å². The molecule has 1 aromatic rings. The van der Waals surface area contributed by atoms with E-state index < -0.39 is 0 Å². The molecule has 0 spiro atoms. The van der Waals surface area contributed by atoms with Crippen LogP contribution in [-0.4, -0.2) is 13.7 Å². The first-order valence-electron chi connectivity index (χ1n) is 5.75. The maximum absolute atomic E-state index is 5.90. The summed E-state index contributed by atoms with van der Waals surface area (Å²) in [6, 6.07) is 5.65. The Morgan fingerprint density at radius 1 is 1.47 bits per heavy atom. The van der Waals surface area contributed by atoms with Crippen molar-refractivity contribution in [1.29, 1.82) is 0 Å². The number of rotatable bonds is 6. The fourth-order valence-electron chi connectivity index (χ4n) is 1.48. The third kappa shape index (κ3) is 4.11. The van der Waals surface area contributed by atoms with Gasteiger partial charge in [-0.2, -0.15) is 0 Å². The fourth-order valence-corrected chi connectivity index (χ4v) is 1.48. The molecule has 1 atom stereocenters. The molecule has 0 aliphatic carbocycles. The van der Waals surface area contributed by atoms with Crippen LogP contribution in [0.15, 0.2) is 30.4 Å². The third-order valence-corrected chi connectivity index (χ3v) is 2.50. The van der Waals surface area contributed by atoms with Crippen molar-refractivity contribution in [2.75, 3.05) is 13.7 Å². The van der Waals surface area contributed by atoms with Crippen LogP contribution >= 0.6 is 0 Å². The van der Waals surface area contributed by atoms with Gasteiger partial charge in [-0.15, -0.1) is 6.58 Å². The summed E-state index contributed by atoms with van der Waals surface area (Å²) < 4.78 is 10.9. The normalized spacial score (nSPS) is 12.0. The van der Waals surface area contributed by atoms with E-state index in [-0.39, 0.29) is 6.04 Å². The Morgan fingerprint density at radius 2 is 2.18 bits per heavy atom. The predicted octanol–water partition coefficient (Wildman–Crippen LogP) is 3.06. The van der Waals surface area contributed by atoms with Crippen molar-refractivity contribution < 1.29 is 9.47 Å². The number of benzene rings is 1. The zero-order valence-corrected chi connectivity index (χ0v) is 10.8. The second-order valence-electron chi connectivity index (χ2n) is 4.25. The zero-order chi connectivity index (χ0) is 12.8. The molecule has 3 nitrogen and oxygen atoms in total. The van der Waals surface area contributed by atoms with E-state index in [4.69, 9.17) is 15.2 Å². The molecule has 0 aliphatic heterocycles. The monoisotopic (exact) mass is 235 g/mol. The SMILES string of the molecule is C=C(C)CCOc1cc(OC)ccc1[C@@H](C)N. The molecule has 17 heavy (non-hydrogen) atoms. The number of methoxy groups -OCH3 is 1. The molecule has 0 fully saturated rings. The fraction of sp³-hybridized carbons (Fsp3) is 0.429. The first-order valence-corrected chi connectivity index (χ1v) is 5.75. The topological polar surface area (TPSA) is 44.5 Å². The second-order valence-corrected chi connectivity index (χ2v) is 4.25. The Kier molecular flexibility index (Phi) is 5.04. The Hall–Kier alpha value is -1.48. The van der Waals surface area contributed by atoms with E-state index in [0.29, 0.717) is 6.61 Å². The van der Waals surface area contributed by atoms with Crippen LogP contribution in [0.5, 0.6) is 11.5 Å². The lowest BCUT2D eigenvalue weighted by atomic mass is 10.1. The smallest absolute Gasteiger partial charge is 0.127 e. The van der Waals surface area contributed by atoms with Gasteiger partial charge in [-0.25, -0.2) is 0 Å². The summed E-state index contributed by atoms with van der Waals surface area (Å²) in [7, 11) is 1.64. The molecule has 94 valence electrons.